The van der Waals surface area contributed by atoms with Gasteiger partial charge in [0.1, 0.15) is 23.3 Å². The Kier molecular flexibility index (Phi) is 12.2. The predicted molar refractivity (Wildman–Crippen MR) is 188 cm³/mol. The number of carbonyl (C=O) groups excluding carboxylic acids is 2. The molecule has 1 aromatic heterocycles. The molecule has 0 radical (unpaired) electrons. The molecule has 266 valence electrons. The number of nitrogens with one attached hydrogen (secondary N) is 1. The van der Waals surface area contributed by atoms with Gasteiger partial charge in [0.25, 0.3) is 0 Å². The first-order valence-electron chi connectivity index (χ1n) is 16.5. The van der Waals surface area contributed by atoms with Crippen LogP contribution < -0.4 is 11.1 Å². The van der Waals surface area contributed by atoms with Gasteiger partial charge in [-0.1, -0.05) is 51.1 Å². The van der Waals surface area contributed by atoms with Gasteiger partial charge in [0.15, 0.2) is 0 Å². The van der Waals surface area contributed by atoms with Crippen molar-refractivity contribution in [1.82, 2.24) is 14.8 Å². The molecule has 12 heteroatoms. The van der Waals surface area contributed by atoms with Crippen LogP contribution >= 0.6 is 11.8 Å². The van der Waals surface area contributed by atoms with Gasteiger partial charge in [-0.2, -0.15) is 0 Å². The maximum Gasteiger partial charge on any atom is 0.410 e. The van der Waals surface area contributed by atoms with Crippen LogP contribution in [0.25, 0.3) is 11.1 Å². The van der Waals surface area contributed by atoms with Crippen LogP contribution in [0, 0.1) is 23.0 Å². The molecule has 3 aromatic rings. The van der Waals surface area contributed by atoms with E-state index in [0.717, 1.165) is 35.2 Å². The fraction of sp³-hybridized carbons (Fsp3) is 0.486. The van der Waals surface area contributed by atoms with E-state index in [-0.39, 0.29) is 34.8 Å². The van der Waals surface area contributed by atoms with Gasteiger partial charge < -0.3 is 30.4 Å². The Hall–Kier alpha value is -3.90. The average Bonchev–Trinajstić information content (AvgIpc) is 3.65. The van der Waals surface area contributed by atoms with Crippen molar-refractivity contribution in [2.24, 2.45) is 17.1 Å². The zero-order chi connectivity index (χ0) is 36.1. The van der Waals surface area contributed by atoms with E-state index in [1.807, 2.05) is 67.9 Å². The van der Waals surface area contributed by atoms with E-state index >= 15 is 4.39 Å². The Labute approximate surface area is 291 Å². The molecule has 0 spiro atoms. The zero-order valence-electron chi connectivity index (χ0n) is 29.0. The van der Waals surface area contributed by atoms with Crippen molar-refractivity contribution >= 4 is 29.7 Å². The number of nitrogens with two attached hydrogens (primary N) is 1. The number of rotatable bonds is 12. The summed E-state index contributed by atoms with van der Waals surface area (Å²) in [4.78, 5) is 39.6. The molecule has 1 saturated heterocycles. The Bertz CT molecular complexity index is 1620. The Morgan fingerprint density at radius 1 is 1.06 bits per heavy atom. The van der Waals surface area contributed by atoms with Crippen molar-refractivity contribution < 1.29 is 33.0 Å². The van der Waals surface area contributed by atoms with Crippen molar-refractivity contribution in [3.05, 3.63) is 83.7 Å². The summed E-state index contributed by atoms with van der Waals surface area (Å²) in [5.41, 5.74) is 6.97. The number of carbonyl (C=O) groups is 3. The van der Waals surface area contributed by atoms with Gasteiger partial charge in [0, 0.05) is 60.4 Å². The summed E-state index contributed by atoms with van der Waals surface area (Å²) < 4.78 is 37.3. The largest absolute Gasteiger partial charge is 0.480 e. The standard InChI is InChI=1S/C37H48F2N4O5S/c1-36(2,3)32(30-16-25(27-17-26(38)12-13-28(27)39)20-43(30)18-23-10-8-7-9-11-23)33(41-31(44)22-49-21-29(40)34(45)46)24-14-15-42(19-24)35(47)48-37(4,5)6/h7-13,16-17,20,24,29,32-33H,14-15,18-19,21-22,40H2,1-6H3,(H,41,44)(H,45,46)/t24-,29+,32?,33?/m1/s1. The number of carboxylic acids is 1. The van der Waals surface area contributed by atoms with Gasteiger partial charge in [-0.15, -0.1) is 11.8 Å². The van der Waals surface area contributed by atoms with Gasteiger partial charge in [-0.25, -0.2) is 13.6 Å². The van der Waals surface area contributed by atoms with Crippen LogP contribution in [0.2, 0.25) is 0 Å². The van der Waals surface area contributed by atoms with Crippen LogP contribution in [-0.2, 0) is 20.9 Å². The zero-order valence-corrected chi connectivity index (χ0v) is 29.9. The molecule has 1 aliphatic rings. The normalized spacial score (nSPS) is 17.0. The smallest absolute Gasteiger partial charge is 0.410 e. The van der Waals surface area contributed by atoms with Crippen LogP contribution in [0.15, 0.2) is 60.8 Å². The Balaban J connectivity index is 1.78. The summed E-state index contributed by atoms with van der Waals surface area (Å²) in [6, 6.07) is 13.4. The topological polar surface area (TPSA) is 127 Å². The number of benzene rings is 2. The SMILES string of the molecule is CC(C)(C)OC(=O)N1CC[C@@H](C(NC(=O)CSC[C@H](N)C(=O)O)C(c2cc(-c3cc(F)ccc3F)cn2Cc2ccccc2)C(C)(C)C)C1. The lowest BCUT2D eigenvalue weighted by atomic mass is 9.70. The molecule has 2 unspecified atom stereocenters. The molecule has 1 aliphatic heterocycles. The summed E-state index contributed by atoms with van der Waals surface area (Å²) >= 11 is 1.13. The highest BCUT2D eigenvalue weighted by Crippen LogP contribution is 2.44. The number of amides is 2. The van der Waals surface area contributed by atoms with E-state index in [1.54, 1.807) is 4.90 Å². The summed E-state index contributed by atoms with van der Waals surface area (Å²) in [5.74, 6) is -3.04. The Morgan fingerprint density at radius 2 is 1.76 bits per heavy atom. The molecular weight excluding hydrogens is 650 g/mol. The summed E-state index contributed by atoms with van der Waals surface area (Å²) in [7, 11) is 0. The number of likely N-dealkylation sites (tertiary alicyclic amines) is 1. The lowest BCUT2D eigenvalue weighted by Crippen LogP contribution is -2.50. The third-order valence-corrected chi connectivity index (χ3v) is 9.60. The number of aliphatic carboxylic acids is 1. The van der Waals surface area contributed by atoms with Crippen molar-refractivity contribution in [2.45, 2.75) is 78.1 Å². The maximum absolute atomic E-state index is 15.2. The molecule has 0 saturated carbocycles. The Morgan fingerprint density at radius 3 is 2.39 bits per heavy atom. The van der Waals surface area contributed by atoms with E-state index in [9.17, 15) is 23.9 Å². The van der Waals surface area contributed by atoms with Gasteiger partial charge in [-0.05, 0) is 68.4 Å². The molecule has 4 atom stereocenters. The number of aromatic nitrogens is 1. The third-order valence-electron chi connectivity index (χ3n) is 8.54. The molecule has 4 N–H and O–H groups in total. The van der Waals surface area contributed by atoms with Gasteiger partial charge in [0.2, 0.25) is 5.91 Å². The lowest BCUT2D eigenvalue weighted by molar-refractivity contribution is -0.138. The number of nitrogens with zero attached hydrogens (tertiary/aromatic N) is 2. The summed E-state index contributed by atoms with van der Waals surface area (Å²) in [5, 5.41) is 12.4. The number of hydrogen-bond acceptors (Lipinski definition) is 6. The molecule has 49 heavy (non-hydrogen) atoms. The minimum absolute atomic E-state index is 0.0123. The van der Waals surface area contributed by atoms with Gasteiger partial charge in [0.05, 0.1) is 5.75 Å². The van der Waals surface area contributed by atoms with Crippen LogP contribution in [0.1, 0.15) is 65.1 Å². The molecule has 1 fully saturated rings. The number of ether oxygens (including phenoxy) is 1. The molecule has 2 aromatic carbocycles. The predicted octanol–water partition coefficient (Wildman–Crippen LogP) is 6.50. The highest BCUT2D eigenvalue weighted by Gasteiger charge is 2.44. The van der Waals surface area contributed by atoms with Crippen LogP contribution in [0.3, 0.4) is 0 Å². The van der Waals surface area contributed by atoms with Crippen molar-refractivity contribution in [1.29, 1.82) is 0 Å². The maximum atomic E-state index is 15.2. The number of halogens is 2. The van der Waals surface area contributed by atoms with E-state index in [2.05, 4.69) is 26.1 Å². The fourth-order valence-corrected chi connectivity index (χ4v) is 7.15. The molecular formula is C37H48F2N4O5S. The van der Waals surface area contributed by atoms with Crippen LogP contribution in [-0.4, -0.2) is 74.8 Å². The summed E-state index contributed by atoms with van der Waals surface area (Å²) in [6.45, 7) is 12.9. The minimum Gasteiger partial charge on any atom is -0.480 e. The van der Waals surface area contributed by atoms with E-state index in [0.29, 0.717) is 31.6 Å². The first-order chi connectivity index (χ1) is 22.9. The molecule has 2 heterocycles. The number of thioether (sulfide) groups is 1. The first-order valence-corrected chi connectivity index (χ1v) is 17.6. The molecule has 4 rings (SSSR count). The van der Waals surface area contributed by atoms with Crippen molar-refractivity contribution in [3.63, 3.8) is 0 Å². The van der Waals surface area contributed by atoms with Crippen LogP contribution in [0.5, 0.6) is 0 Å². The van der Waals surface area contributed by atoms with E-state index in [4.69, 9.17) is 10.5 Å². The highest BCUT2D eigenvalue weighted by molar-refractivity contribution is 8.00. The van der Waals surface area contributed by atoms with Crippen molar-refractivity contribution in [3.8, 4) is 11.1 Å². The van der Waals surface area contributed by atoms with E-state index in [1.165, 1.54) is 6.07 Å². The molecule has 9 nitrogen and oxygen atoms in total. The summed E-state index contributed by atoms with van der Waals surface area (Å²) in [6.07, 6.45) is 1.99. The van der Waals surface area contributed by atoms with Gasteiger partial charge in [-0.3, -0.25) is 9.59 Å². The van der Waals surface area contributed by atoms with Gasteiger partial charge >= 0.3 is 12.1 Å². The minimum atomic E-state index is -1.14. The first kappa shape index (κ1) is 37.9. The third kappa shape index (κ3) is 10.3. The highest BCUT2D eigenvalue weighted by atomic mass is 32.2. The lowest BCUT2D eigenvalue weighted by Gasteiger charge is -2.41. The second kappa shape index (κ2) is 15.8. The fourth-order valence-electron chi connectivity index (χ4n) is 6.36. The van der Waals surface area contributed by atoms with Crippen LogP contribution in [0.4, 0.5) is 13.6 Å². The molecule has 2 amide bonds. The van der Waals surface area contributed by atoms with Crippen molar-refractivity contribution in [2.75, 3.05) is 24.6 Å². The second-order valence-electron chi connectivity index (χ2n) is 14.8. The average molecular weight is 699 g/mol. The monoisotopic (exact) mass is 698 g/mol. The molecule has 0 bridgehead atoms. The number of hydrogen-bond donors (Lipinski definition) is 3. The quantitative estimate of drug-likeness (QED) is 0.197. The molecule has 0 aliphatic carbocycles. The number of carboxylic acid groups (broad SMARTS) is 1. The second-order valence-corrected chi connectivity index (χ2v) is 15.8. The van der Waals surface area contributed by atoms with E-state index < -0.39 is 46.8 Å².